The van der Waals surface area contributed by atoms with E-state index >= 15 is 0 Å². The molecule has 0 heterocycles. The predicted octanol–water partition coefficient (Wildman–Crippen LogP) is 0.912. The van der Waals surface area contributed by atoms with Gasteiger partial charge >= 0.3 is 6.03 Å². The summed E-state index contributed by atoms with van der Waals surface area (Å²) in [6.07, 6.45) is 0.720. The monoisotopic (exact) mass is 208 g/mol. The van der Waals surface area contributed by atoms with Crippen molar-refractivity contribution in [3.05, 3.63) is 35.9 Å². The van der Waals surface area contributed by atoms with E-state index in [2.05, 4.69) is 5.32 Å². The van der Waals surface area contributed by atoms with E-state index in [0.29, 0.717) is 6.61 Å². The highest BCUT2D eigenvalue weighted by molar-refractivity contribution is 5.72. The first-order valence-corrected chi connectivity index (χ1v) is 4.81. The van der Waals surface area contributed by atoms with E-state index in [-0.39, 0.29) is 6.04 Å². The van der Waals surface area contributed by atoms with Gasteiger partial charge in [-0.25, -0.2) is 4.79 Å². The molecule has 82 valence electrons. The van der Waals surface area contributed by atoms with Crippen LogP contribution in [0, 0.1) is 0 Å². The van der Waals surface area contributed by atoms with Gasteiger partial charge < -0.3 is 15.8 Å². The number of rotatable bonds is 5. The summed E-state index contributed by atoms with van der Waals surface area (Å²) in [6, 6.07) is 9.29. The molecule has 15 heavy (non-hydrogen) atoms. The number of nitrogens with two attached hydrogens (primary N) is 1. The van der Waals surface area contributed by atoms with Crippen LogP contribution in [0.1, 0.15) is 5.56 Å². The van der Waals surface area contributed by atoms with Crippen LogP contribution in [-0.4, -0.2) is 25.8 Å². The van der Waals surface area contributed by atoms with Gasteiger partial charge in [0.1, 0.15) is 0 Å². The summed E-state index contributed by atoms with van der Waals surface area (Å²) >= 11 is 0. The minimum Gasteiger partial charge on any atom is -0.383 e. The summed E-state index contributed by atoms with van der Waals surface area (Å²) in [5, 5.41) is 2.64. The fourth-order valence-corrected chi connectivity index (χ4v) is 1.45. The molecule has 0 bridgehead atoms. The second-order valence-corrected chi connectivity index (χ2v) is 3.35. The van der Waals surface area contributed by atoms with E-state index in [4.69, 9.17) is 10.5 Å². The Morgan fingerprint density at radius 3 is 2.67 bits per heavy atom. The molecule has 1 unspecified atom stereocenters. The van der Waals surface area contributed by atoms with Gasteiger partial charge in [0.2, 0.25) is 0 Å². The van der Waals surface area contributed by atoms with Gasteiger partial charge in [-0.2, -0.15) is 0 Å². The van der Waals surface area contributed by atoms with Gasteiger partial charge in [0.15, 0.2) is 0 Å². The summed E-state index contributed by atoms with van der Waals surface area (Å²) in [5.74, 6) is 0. The first-order valence-electron chi connectivity index (χ1n) is 4.81. The van der Waals surface area contributed by atoms with E-state index in [1.54, 1.807) is 7.11 Å². The highest BCUT2D eigenvalue weighted by atomic mass is 16.5. The molecule has 3 N–H and O–H groups in total. The van der Waals surface area contributed by atoms with Crippen LogP contribution < -0.4 is 11.1 Å². The minimum atomic E-state index is -0.520. The molecule has 0 radical (unpaired) electrons. The second kappa shape index (κ2) is 6.03. The van der Waals surface area contributed by atoms with Gasteiger partial charge in [0, 0.05) is 7.11 Å². The lowest BCUT2D eigenvalue weighted by molar-refractivity contribution is 0.166. The molecular formula is C11H16N2O2. The highest BCUT2D eigenvalue weighted by Gasteiger charge is 2.10. The molecule has 0 saturated heterocycles. The third kappa shape index (κ3) is 4.46. The number of ether oxygens (including phenoxy) is 1. The summed E-state index contributed by atoms with van der Waals surface area (Å²) < 4.78 is 5.01. The van der Waals surface area contributed by atoms with Crippen LogP contribution in [0.5, 0.6) is 0 Å². The lowest BCUT2D eigenvalue weighted by Crippen LogP contribution is -2.42. The van der Waals surface area contributed by atoms with E-state index in [1.165, 1.54) is 0 Å². The quantitative estimate of drug-likeness (QED) is 0.755. The SMILES string of the molecule is COCC(Cc1ccccc1)NC(N)=O. The third-order valence-electron chi connectivity index (χ3n) is 2.04. The van der Waals surface area contributed by atoms with E-state index in [1.807, 2.05) is 30.3 Å². The number of urea groups is 1. The summed E-state index contributed by atoms with van der Waals surface area (Å²) in [7, 11) is 1.60. The van der Waals surface area contributed by atoms with Crippen molar-refractivity contribution in [1.29, 1.82) is 0 Å². The van der Waals surface area contributed by atoms with Crippen molar-refractivity contribution in [2.24, 2.45) is 5.73 Å². The smallest absolute Gasteiger partial charge is 0.312 e. The van der Waals surface area contributed by atoms with Crippen LogP contribution in [0.3, 0.4) is 0 Å². The Hall–Kier alpha value is -1.55. The van der Waals surface area contributed by atoms with Gasteiger partial charge in [0.05, 0.1) is 12.6 Å². The highest BCUT2D eigenvalue weighted by Crippen LogP contribution is 2.03. The van der Waals surface area contributed by atoms with Crippen LogP contribution in [0.25, 0.3) is 0 Å². The Kier molecular flexibility index (Phi) is 4.63. The normalized spacial score (nSPS) is 12.1. The number of methoxy groups -OCH3 is 1. The number of primary amides is 1. The summed E-state index contributed by atoms with van der Waals surface area (Å²) in [6.45, 7) is 0.456. The zero-order chi connectivity index (χ0) is 11.1. The van der Waals surface area contributed by atoms with E-state index in [0.717, 1.165) is 12.0 Å². The van der Waals surface area contributed by atoms with Crippen molar-refractivity contribution < 1.29 is 9.53 Å². The van der Waals surface area contributed by atoms with Crippen molar-refractivity contribution in [1.82, 2.24) is 5.32 Å². The third-order valence-corrected chi connectivity index (χ3v) is 2.04. The van der Waals surface area contributed by atoms with Crippen LogP contribution >= 0.6 is 0 Å². The Morgan fingerprint density at radius 1 is 1.47 bits per heavy atom. The number of amides is 2. The largest absolute Gasteiger partial charge is 0.383 e. The minimum absolute atomic E-state index is 0.0742. The number of hydrogen-bond donors (Lipinski definition) is 2. The zero-order valence-corrected chi connectivity index (χ0v) is 8.77. The van der Waals surface area contributed by atoms with Crippen LogP contribution in [0.2, 0.25) is 0 Å². The van der Waals surface area contributed by atoms with Gasteiger partial charge in [-0.15, -0.1) is 0 Å². The molecule has 1 aromatic rings. The molecule has 0 fully saturated rings. The molecule has 4 heteroatoms. The maximum atomic E-state index is 10.7. The molecule has 2 amide bonds. The molecule has 1 atom stereocenters. The van der Waals surface area contributed by atoms with Gasteiger partial charge in [0.25, 0.3) is 0 Å². The first kappa shape index (κ1) is 11.5. The number of carbonyl (C=O) groups is 1. The lowest BCUT2D eigenvalue weighted by atomic mass is 10.1. The maximum absolute atomic E-state index is 10.7. The molecule has 0 aliphatic rings. The van der Waals surface area contributed by atoms with Crippen molar-refractivity contribution in [3.8, 4) is 0 Å². The molecule has 1 aromatic carbocycles. The Morgan fingerprint density at radius 2 is 2.13 bits per heavy atom. The fourth-order valence-electron chi connectivity index (χ4n) is 1.45. The summed E-state index contributed by atoms with van der Waals surface area (Å²) in [4.78, 5) is 10.7. The van der Waals surface area contributed by atoms with Gasteiger partial charge in [-0.05, 0) is 12.0 Å². The predicted molar refractivity (Wildman–Crippen MR) is 58.5 cm³/mol. The van der Waals surface area contributed by atoms with Crippen LogP contribution in [0.4, 0.5) is 4.79 Å². The Bertz CT molecular complexity index is 301. The van der Waals surface area contributed by atoms with Crippen molar-refractivity contribution in [2.45, 2.75) is 12.5 Å². The van der Waals surface area contributed by atoms with Crippen LogP contribution in [0.15, 0.2) is 30.3 Å². The second-order valence-electron chi connectivity index (χ2n) is 3.35. The average Bonchev–Trinajstić information content (AvgIpc) is 2.18. The van der Waals surface area contributed by atoms with E-state index in [9.17, 15) is 4.79 Å². The molecule has 4 nitrogen and oxygen atoms in total. The number of carbonyl (C=O) groups excluding carboxylic acids is 1. The maximum Gasteiger partial charge on any atom is 0.312 e. The topological polar surface area (TPSA) is 64.3 Å². The number of nitrogens with one attached hydrogen (secondary N) is 1. The molecule has 0 spiro atoms. The molecule has 0 aromatic heterocycles. The van der Waals surface area contributed by atoms with Gasteiger partial charge in [-0.1, -0.05) is 30.3 Å². The summed E-state index contributed by atoms with van der Waals surface area (Å²) in [5.41, 5.74) is 6.22. The number of hydrogen-bond acceptors (Lipinski definition) is 2. The molecule has 0 saturated carbocycles. The Balaban J connectivity index is 2.54. The van der Waals surface area contributed by atoms with Crippen molar-refractivity contribution in [3.63, 3.8) is 0 Å². The molecule has 1 rings (SSSR count). The van der Waals surface area contributed by atoms with Crippen molar-refractivity contribution in [2.75, 3.05) is 13.7 Å². The first-order chi connectivity index (χ1) is 7.22. The molecule has 0 aliphatic carbocycles. The zero-order valence-electron chi connectivity index (χ0n) is 8.77. The van der Waals surface area contributed by atoms with Gasteiger partial charge in [-0.3, -0.25) is 0 Å². The molecule has 0 aliphatic heterocycles. The number of benzene rings is 1. The molecular weight excluding hydrogens is 192 g/mol. The lowest BCUT2D eigenvalue weighted by Gasteiger charge is -2.16. The average molecular weight is 208 g/mol. The van der Waals surface area contributed by atoms with E-state index < -0.39 is 6.03 Å². The van der Waals surface area contributed by atoms with Crippen LogP contribution in [-0.2, 0) is 11.2 Å². The van der Waals surface area contributed by atoms with Crippen molar-refractivity contribution >= 4 is 6.03 Å². The Labute approximate surface area is 89.4 Å². The fraction of sp³-hybridized carbons (Fsp3) is 0.364. The standard InChI is InChI=1S/C11H16N2O2/c1-15-8-10(13-11(12)14)7-9-5-3-2-4-6-9/h2-6,10H,7-8H2,1H3,(H3,12,13,14).